The average molecular weight is 345 g/mol. The number of nitrogens with two attached hydrogens (primary N) is 1. The summed E-state index contributed by atoms with van der Waals surface area (Å²) in [6.07, 6.45) is 0.212. The molecule has 1 aliphatic rings. The van der Waals surface area contributed by atoms with Crippen LogP contribution in [0.1, 0.15) is 29.1 Å². The molecular formula is C17H23N5O3. The predicted octanol–water partition coefficient (Wildman–Crippen LogP) is 0.300. The number of carbonyl (C=O) groups excluding carboxylic acids is 2. The van der Waals surface area contributed by atoms with Crippen molar-refractivity contribution < 1.29 is 14.3 Å². The van der Waals surface area contributed by atoms with Crippen molar-refractivity contribution in [1.82, 2.24) is 19.5 Å². The second-order valence-electron chi connectivity index (χ2n) is 6.42. The molecule has 0 spiro atoms. The van der Waals surface area contributed by atoms with E-state index in [0.717, 1.165) is 28.3 Å². The van der Waals surface area contributed by atoms with Crippen LogP contribution in [0.4, 0.5) is 0 Å². The molecule has 1 atom stereocenters. The first-order valence-electron chi connectivity index (χ1n) is 8.38. The summed E-state index contributed by atoms with van der Waals surface area (Å²) in [4.78, 5) is 30.0. The first-order valence-corrected chi connectivity index (χ1v) is 8.38. The maximum atomic E-state index is 12.5. The average Bonchev–Trinajstić information content (AvgIpc) is 2.95. The van der Waals surface area contributed by atoms with Crippen molar-refractivity contribution in [3.8, 4) is 0 Å². The van der Waals surface area contributed by atoms with Gasteiger partial charge in [-0.1, -0.05) is 0 Å². The predicted molar refractivity (Wildman–Crippen MR) is 91.0 cm³/mol. The third kappa shape index (κ3) is 3.48. The van der Waals surface area contributed by atoms with Gasteiger partial charge in [0.15, 0.2) is 11.8 Å². The Hall–Kier alpha value is -2.48. The van der Waals surface area contributed by atoms with E-state index in [0.29, 0.717) is 26.0 Å². The molecule has 1 fully saturated rings. The van der Waals surface area contributed by atoms with Gasteiger partial charge in [-0.25, -0.2) is 9.50 Å². The smallest absolute Gasteiger partial charge is 0.248 e. The number of rotatable bonds is 4. The number of hydrogen-bond acceptors (Lipinski definition) is 5. The van der Waals surface area contributed by atoms with Gasteiger partial charge in [-0.2, -0.15) is 5.10 Å². The highest BCUT2D eigenvalue weighted by Gasteiger charge is 2.27. The Morgan fingerprint density at radius 3 is 2.84 bits per heavy atom. The molecule has 0 bridgehead atoms. The largest absolute Gasteiger partial charge is 0.367 e. The lowest BCUT2D eigenvalue weighted by Crippen LogP contribution is -2.50. The van der Waals surface area contributed by atoms with Crippen molar-refractivity contribution in [2.75, 3.05) is 19.7 Å². The van der Waals surface area contributed by atoms with Crippen LogP contribution in [0.2, 0.25) is 0 Å². The zero-order valence-corrected chi connectivity index (χ0v) is 14.8. The van der Waals surface area contributed by atoms with Crippen LogP contribution < -0.4 is 5.73 Å². The first kappa shape index (κ1) is 17.3. The maximum absolute atomic E-state index is 12.5. The van der Waals surface area contributed by atoms with Crippen LogP contribution in [-0.4, -0.2) is 57.1 Å². The molecule has 0 radical (unpaired) electrons. The van der Waals surface area contributed by atoms with Gasteiger partial charge in [0.2, 0.25) is 11.8 Å². The van der Waals surface area contributed by atoms with E-state index < -0.39 is 12.0 Å². The standard InChI is InChI=1S/C17H23N5O3/c1-10-8-15-19-11(2)13(12(3)22(15)20-10)4-5-16(23)21-6-7-25-14(9-21)17(18)24/h8,14H,4-7,9H2,1-3H3,(H2,18,24). The Morgan fingerprint density at radius 2 is 2.12 bits per heavy atom. The Morgan fingerprint density at radius 1 is 1.36 bits per heavy atom. The molecular weight excluding hydrogens is 322 g/mol. The fourth-order valence-corrected chi connectivity index (χ4v) is 3.24. The van der Waals surface area contributed by atoms with Crippen LogP contribution in [0.15, 0.2) is 6.07 Å². The van der Waals surface area contributed by atoms with Gasteiger partial charge in [0, 0.05) is 30.4 Å². The van der Waals surface area contributed by atoms with E-state index in [1.807, 2.05) is 31.4 Å². The summed E-state index contributed by atoms with van der Waals surface area (Å²) in [5, 5.41) is 4.45. The Labute approximate surface area is 146 Å². The second kappa shape index (κ2) is 6.79. The molecule has 1 aliphatic heterocycles. The van der Waals surface area contributed by atoms with E-state index in [4.69, 9.17) is 10.5 Å². The number of nitrogens with zero attached hydrogens (tertiary/aromatic N) is 4. The number of ether oxygens (including phenoxy) is 1. The Balaban J connectivity index is 1.72. The number of carbonyl (C=O) groups is 2. The van der Waals surface area contributed by atoms with Gasteiger partial charge in [0.1, 0.15) is 0 Å². The molecule has 0 aromatic carbocycles. The minimum Gasteiger partial charge on any atom is -0.367 e. The van der Waals surface area contributed by atoms with Crippen molar-refractivity contribution in [1.29, 1.82) is 0 Å². The normalized spacial score (nSPS) is 17.9. The molecule has 1 unspecified atom stereocenters. The zero-order chi connectivity index (χ0) is 18.1. The number of aromatic nitrogens is 3. The first-order chi connectivity index (χ1) is 11.9. The number of primary amides is 1. The van der Waals surface area contributed by atoms with Crippen molar-refractivity contribution >= 4 is 17.5 Å². The molecule has 0 aliphatic carbocycles. The molecule has 3 rings (SSSR count). The molecule has 3 heterocycles. The summed E-state index contributed by atoms with van der Waals surface area (Å²) in [6, 6.07) is 1.94. The number of aryl methyl sites for hydroxylation is 3. The SMILES string of the molecule is Cc1cc2nc(C)c(CCC(=O)N3CCOC(C(N)=O)C3)c(C)n2n1. The van der Waals surface area contributed by atoms with Crippen LogP contribution in [-0.2, 0) is 20.7 Å². The van der Waals surface area contributed by atoms with E-state index in [1.54, 1.807) is 4.90 Å². The lowest BCUT2D eigenvalue weighted by Gasteiger charge is -2.31. The van der Waals surface area contributed by atoms with Crippen molar-refractivity contribution in [3.63, 3.8) is 0 Å². The Kier molecular flexibility index (Phi) is 4.71. The monoisotopic (exact) mass is 345 g/mol. The van der Waals surface area contributed by atoms with Crippen LogP contribution in [0.25, 0.3) is 5.65 Å². The molecule has 0 saturated carbocycles. The summed E-state index contributed by atoms with van der Waals surface area (Å²) in [6.45, 7) is 6.91. The minimum atomic E-state index is -0.716. The fraction of sp³-hybridized carbons (Fsp3) is 0.529. The highest BCUT2D eigenvalue weighted by Crippen LogP contribution is 2.18. The van der Waals surface area contributed by atoms with Crippen molar-refractivity contribution in [3.05, 3.63) is 28.7 Å². The van der Waals surface area contributed by atoms with Gasteiger partial charge in [-0.3, -0.25) is 9.59 Å². The van der Waals surface area contributed by atoms with E-state index in [2.05, 4.69) is 10.1 Å². The molecule has 2 aromatic rings. The molecule has 134 valence electrons. The van der Waals surface area contributed by atoms with Gasteiger partial charge < -0.3 is 15.4 Å². The summed E-state index contributed by atoms with van der Waals surface area (Å²) >= 11 is 0. The third-order valence-corrected chi connectivity index (χ3v) is 4.61. The number of amides is 2. The van der Waals surface area contributed by atoms with Gasteiger partial charge in [0.25, 0.3) is 0 Å². The van der Waals surface area contributed by atoms with Crippen LogP contribution in [0.3, 0.4) is 0 Å². The number of morpholine rings is 1. The summed E-state index contributed by atoms with van der Waals surface area (Å²) in [7, 11) is 0. The van der Waals surface area contributed by atoms with E-state index >= 15 is 0 Å². The highest BCUT2D eigenvalue weighted by molar-refractivity contribution is 5.81. The van der Waals surface area contributed by atoms with Crippen LogP contribution >= 0.6 is 0 Å². The summed E-state index contributed by atoms with van der Waals surface area (Å²) in [5.74, 6) is -0.544. The Bertz CT molecular complexity index is 829. The van der Waals surface area contributed by atoms with E-state index in [-0.39, 0.29) is 12.5 Å². The summed E-state index contributed by atoms with van der Waals surface area (Å²) in [5.41, 5.74) is 9.94. The maximum Gasteiger partial charge on any atom is 0.248 e. The van der Waals surface area contributed by atoms with Crippen LogP contribution in [0.5, 0.6) is 0 Å². The molecule has 8 nitrogen and oxygen atoms in total. The second-order valence-corrected chi connectivity index (χ2v) is 6.42. The number of hydrogen-bond donors (Lipinski definition) is 1. The van der Waals surface area contributed by atoms with Gasteiger partial charge >= 0.3 is 0 Å². The molecule has 1 saturated heterocycles. The summed E-state index contributed by atoms with van der Waals surface area (Å²) < 4.78 is 7.10. The molecule has 2 amide bonds. The van der Waals surface area contributed by atoms with Crippen molar-refractivity contribution in [2.45, 2.75) is 39.7 Å². The molecule has 2 aromatic heterocycles. The van der Waals surface area contributed by atoms with Crippen LogP contribution in [0, 0.1) is 20.8 Å². The molecule has 8 heteroatoms. The quantitative estimate of drug-likeness (QED) is 0.858. The third-order valence-electron chi connectivity index (χ3n) is 4.61. The van der Waals surface area contributed by atoms with Crippen molar-refractivity contribution in [2.24, 2.45) is 5.73 Å². The fourth-order valence-electron chi connectivity index (χ4n) is 3.24. The highest BCUT2D eigenvalue weighted by atomic mass is 16.5. The lowest BCUT2D eigenvalue weighted by molar-refractivity contribution is -0.145. The molecule has 25 heavy (non-hydrogen) atoms. The molecule has 2 N–H and O–H groups in total. The minimum absolute atomic E-state index is 0.00917. The van der Waals surface area contributed by atoms with Gasteiger partial charge in [-0.15, -0.1) is 0 Å². The lowest BCUT2D eigenvalue weighted by atomic mass is 10.1. The zero-order valence-electron chi connectivity index (χ0n) is 14.8. The van der Waals surface area contributed by atoms with E-state index in [1.165, 1.54) is 0 Å². The van der Waals surface area contributed by atoms with Gasteiger partial charge in [0.05, 0.1) is 18.8 Å². The van der Waals surface area contributed by atoms with Gasteiger partial charge in [-0.05, 0) is 32.8 Å². The van der Waals surface area contributed by atoms with E-state index in [9.17, 15) is 9.59 Å². The number of fused-ring (bicyclic) bond motifs is 1. The topological polar surface area (TPSA) is 103 Å².